The average Bonchev–Trinajstić information content (AvgIpc) is 2.92. The molecule has 0 aliphatic heterocycles. The van der Waals surface area contributed by atoms with Crippen LogP contribution in [0.3, 0.4) is 0 Å². The van der Waals surface area contributed by atoms with Crippen molar-refractivity contribution in [1.82, 2.24) is 9.62 Å². The maximum absolute atomic E-state index is 12.5. The standard InChI is InChI=1S/C15H24N2O2S/c1-16-11-13-6-5-7-14(10-13)12-20(18,19)17(2)15-8-3-4-9-15/h5-7,10,15-16H,3-4,8-9,11-12H2,1-2H3. The third-order valence-corrected chi connectivity index (χ3v) is 5.87. The second kappa shape index (κ2) is 6.70. The van der Waals surface area contributed by atoms with Gasteiger partial charge in [0.15, 0.2) is 0 Å². The lowest BCUT2D eigenvalue weighted by Gasteiger charge is -2.23. The molecule has 0 unspecified atom stereocenters. The van der Waals surface area contributed by atoms with Crippen molar-refractivity contribution >= 4 is 10.0 Å². The van der Waals surface area contributed by atoms with Gasteiger partial charge in [0.25, 0.3) is 0 Å². The molecule has 0 atom stereocenters. The van der Waals surface area contributed by atoms with Crippen LogP contribution >= 0.6 is 0 Å². The molecule has 0 saturated heterocycles. The van der Waals surface area contributed by atoms with Gasteiger partial charge in [-0.1, -0.05) is 37.1 Å². The highest BCUT2D eigenvalue weighted by Gasteiger charge is 2.28. The van der Waals surface area contributed by atoms with Crippen LogP contribution < -0.4 is 5.32 Å². The van der Waals surface area contributed by atoms with Crippen molar-refractivity contribution in [2.75, 3.05) is 14.1 Å². The summed E-state index contributed by atoms with van der Waals surface area (Å²) in [6.07, 6.45) is 4.27. The van der Waals surface area contributed by atoms with E-state index in [1.165, 1.54) is 0 Å². The first-order chi connectivity index (χ1) is 9.53. The van der Waals surface area contributed by atoms with Crippen molar-refractivity contribution in [1.29, 1.82) is 0 Å². The van der Waals surface area contributed by atoms with E-state index in [1.807, 2.05) is 31.3 Å². The number of rotatable bonds is 6. The minimum Gasteiger partial charge on any atom is -0.316 e. The van der Waals surface area contributed by atoms with E-state index in [-0.39, 0.29) is 11.8 Å². The molecule has 0 radical (unpaired) electrons. The summed E-state index contributed by atoms with van der Waals surface area (Å²) in [5.41, 5.74) is 1.98. The van der Waals surface area contributed by atoms with Crippen LogP contribution in [0.25, 0.3) is 0 Å². The molecule has 1 aliphatic carbocycles. The van der Waals surface area contributed by atoms with Gasteiger partial charge in [0.1, 0.15) is 0 Å². The Morgan fingerprint density at radius 1 is 1.25 bits per heavy atom. The lowest BCUT2D eigenvalue weighted by molar-refractivity contribution is 0.372. The van der Waals surface area contributed by atoms with E-state index in [2.05, 4.69) is 5.32 Å². The van der Waals surface area contributed by atoms with Gasteiger partial charge < -0.3 is 5.32 Å². The molecule has 0 amide bonds. The topological polar surface area (TPSA) is 49.4 Å². The summed E-state index contributed by atoms with van der Waals surface area (Å²) < 4.78 is 26.5. The Hall–Kier alpha value is -0.910. The monoisotopic (exact) mass is 296 g/mol. The van der Waals surface area contributed by atoms with Crippen LogP contribution in [0.5, 0.6) is 0 Å². The van der Waals surface area contributed by atoms with E-state index in [0.29, 0.717) is 0 Å². The molecule has 5 heteroatoms. The number of hydrogen-bond acceptors (Lipinski definition) is 3. The summed E-state index contributed by atoms with van der Waals surface area (Å²) in [6.45, 7) is 0.756. The summed E-state index contributed by atoms with van der Waals surface area (Å²) in [5, 5.41) is 3.08. The Balaban J connectivity index is 2.09. The number of sulfonamides is 1. The van der Waals surface area contributed by atoms with Gasteiger partial charge in [-0.3, -0.25) is 0 Å². The molecule has 20 heavy (non-hydrogen) atoms. The molecule has 4 nitrogen and oxygen atoms in total. The van der Waals surface area contributed by atoms with Crippen LogP contribution in [-0.2, 0) is 22.3 Å². The van der Waals surface area contributed by atoms with Crippen LogP contribution in [0, 0.1) is 0 Å². The lowest BCUT2D eigenvalue weighted by atomic mass is 10.1. The normalized spacial score (nSPS) is 16.9. The van der Waals surface area contributed by atoms with E-state index in [9.17, 15) is 8.42 Å². The number of nitrogens with zero attached hydrogens (tertiary/aromatic N) is 1. The number of benzene rings is 1. The summed E-state index contributed by atoms with van der Waals surface area (Å²) >= 11 is 0. The molecule has 112 valence electrons. The zero-order chi connectivity index (χ0) is 14.6. The Bertz CT molecular complexity index is 537. The van der Waals surface area contributed by atoms with Crippen molar-refractivity contribution in [3.8, 4) is 0 Å². The molecule has 0 spiro atoms. The fourth-order valence-corrected chi connectivity index (χ4v) is 4.31. The molecule has 0 bridgehead atoms. The molecule has 0 aromatic heterocycles. The third kappa shape index (κ3) is 3.81. The zero-order valence-electron chi connectivity index (χ0n) is 12.3. The quantitative estimate of drug-likeness (QED) is 0.874. The first kappa shape index (κ1) is 15.5. The van der Waals surface area contributed by atoms with Crippen molar-refractivity contribution in [3.05, 3.63) is 35.4 Å². The van der Waals surface area contributed by atoms with Gasteiger partial charge in [-0.05, 0) is 31.0 Å². The molecule has 1 saturated carbocycles. The van der Waals surface area contributed by atoms with Crippen LogP contribution in [0.4, 0.5) is 0 Å². The molecule has 1 fully saturated rings. The van der Waals surface area contributed by atoms with E-state index < -0.39 is 10.0 Å². The molecule has 1 aromatic carbocycles. The van der Waals surface area contributed by atoms with Crippen LogP contribution in [0.2, 0.25) is 0 Å². The van der Waals surface area contributed by atoms with Gasteiger partial charge in [0.05, 0.1) is 5.75 Å². The van der Waals surface area contributed by atoms with Crippen LogP contribution in [0.15, 0.2) is 24.3 Å². The van der Waals surface area contributed by atoms with Crippen molar-refractivity contribution in [2.24, 2.45) is 0 Å². The Morgan fingerprint density at radius 3 is 2.55 bits per heavy atom. The van der Waals surface area contributed by atoms with Gasteiger partial charge in [0, 0.05) is 19.6 Å². The molecule has 1 aromatic rings. The number of nitrogens with one attached hydrogen (secondary N) is 1. The van der Waals surface area contributed by atoms with Crippen molar-refractivity contribution < 1.29 is 8.42 Å². The minimum atomic E-state index is -3.22. The highest BCUT2D eigenvalue weighted by molar-refractivity contribution is 7.88. The van der Waals surface area contributed by atoms with E-state index in [1.54, 1.807) is 11.4 Å². The molecular weight excluding hydrogens is 272 g/mol. The second-order valence-electron chi connectivity index (χ2n) is 5.56. The van der Waals surface area contributed by atoms with Gasteiger partial charge in [0.2, 0.25) is 10.0 Å². The van der Waals surface area contributed by atoms with Crippen LogP contribution in [0.1, 0.15) is 36.8 Å². The van der Waals surface area contributed by atoms with Crippen molar-refractivity contribution in [2.45, 2.75) is 44.0 Å². The Kier molecular flexibility index (Phi) is 5.18. The molecule has 2 rings (SSSR count). The molecule has 1 N–H and O–H groups in total. The first-order valence-corrected chi connectivity index (χ1v) is 8.82. The maximum atomic E-state index is 12.5. The lowest BCUT2D eigenvalue weighted by Crippen LogP contribution is -2.36. The summed E-state index contributed by atoms with van der Waals surface area (Å²) in [7, 11) is 0.396. The van der Waals surface area contributed by atoms with Gasteiger partial charge >= 0.3 is 0 Å². The fourth-order valence-electron chi connectivity index (χ4n) is 2.84. The molecular formula is C15H24N2O2S. The average molecular weight is 296 g/mol. The van der Waals surface area contributed by atoms with Gasteiger partial charge in [-0.15, -0.1) is 0 Å². The fraction of sp³-hybridized carbons (Fsp3) is 0.600. The Labute approximate surface area is 122 Å². The second-order valence-corrected chi connectivity index (χ2v) is 7.59. The predicted octanol–water partition coefficient (Wildman–Crippen LogP) is 2.11. The zero-order valence-corrected chi connectivity index (χ0v) is 13.1. The van der Waals surface area contributed by atoms with Gasteiger partial charge in [-0.2, -0.15) is 0 Å². The molecule has 1 aliphatic rings. The summed E-state index contributed by atoms with van der Waals surface area (Å²) in [6, 6.07) is 7.98. The highest BCUT2D eigenvalue weighted by atomic mass is 32.2. The van der Waals surface area contributed by atoms with E-state index >= 15 is 0 Å². The summed E-state index contributed by atoms with van der Waals surface area (Å²) in [4.78, 5) is 0. The maximum Gasteiger partial charge on any atom is 0.218 e. The molecule has 0 heterocycles. The smallest absolute Gasteiger partial charge is 0.218 e. The first-order valence-electron chi connectivity index (χ1n) is 7.21. The van der Waals surface area contributed by atoms with E-state index in [0.717, 1.165) is 43.4 Å². The Morgan fingerprint density at radius 2 is 1.90 bits per heavy atom. The minimum absolute atomic E-state index is 0.0948. The largest absolute Gasteiger partial charge is 0.316 e. The third-order valence-electron chi connectivity index (χ3n) is 4.00. The summed E-state index contributed by atoms with van der Waals surface area (Å²) in [5.74, 6) is 0.0948. The van der Waals surface area contributed by atoms with Gasteiger partial charge in [-0.25, -0.2) is 12.7 Å². The SMILES string of the molecule is CNCc1cccc(CS(=O)(=O)N(C)C2CCCC2)c1. The highest BCUT2D eigenvalue weighted by Crippen LogP contribution is 2.25. The van der Waals surface area contributed by atoms with Crippen LogP contribution in [-0.4, -0.2) is 32.9 Å². The predicted molar refractivity (Wildman–Crippen MR) is 81.8 cm³/mol. The van der Waals surface area contributed by atoms with E-state index in [4.69, 9.17) is 0 Å². The number of hydrogen-bond donors (Lipinski definition) is 1. The van der Waals surface area contributed by atoms with Crippen molar-refractivity contribution in [3.63, 3.8) is 0 Å².